The highest BCUT2D eigenvalue weighted by Crippen LogP contribution is 2.18. The van der Waals surface area contributed by atoms with Crippen LogP contribution in [0, 0.1) is 13.8 Å². The van der Waals surface area contributed by atoms with Crippen LogP contribution < -0.4 is 0 Å². The Balaban J connectivity index is 2.37. The Morgan fingerprint density at radius 2 is 1.88 bits per heavy atom. The summed E-state index contributed by atoms with van der Waals surface area (Å²) >= 11 is 0. The first-order valence-electron chi connectivity index (χ1n) is 5.92. The summed E-state index contributed by atoms with van der Waals surface area (Å²) < 4.78 is 7.45. The van der Waals surface area contributed by atoms with Crippen molar-refractivity contribution >= 4 is 0 Å². The molecule has 1 aromatic carbocycles. The van der Waals surface area contributed by atoms with Crippen molar-refractivity contribution in [2.24, 2.45) is 0 Å². The van der Waals surface area contributed by atoms with Crippen LogP contribution in [0.3, 0.4) is 0 Å². The summed E-state index contributed by atoms with van der Waals surface area (Å²) in [5.41, 5.74) is 4.48. The largest absolute Gasteiger partial charge is 0.377 e. The number of aromatic nitrogens is 2. The minimum Gasteiger partial charge on any atom is -0.377 e. The highest BCUT2D eigenvalue weighted by Gasteiger charge is 2.12. The van der Waals surface area contributed by atoms with Crippen molar-refractivity contribution in [3.8, 4) is 5.69 Å². The second-order valence-corrected chi connectivity index (χ2v) is 4.03. The Labute approximate surface area is 102 Å². The summed E-state index contributed by atoms with van der Waals surface area (Å²) in [6, 6.07) is 10.2. The number of para-hydroxylation sites is 1. The van der Waals surface area contributed by atoms with Crippen LogP contribution in [0.4, 0.5) is 0 Å². The van der Waals surface area contributed by atoms with Crippen LogP contribution in [-0.4, -0.2) is 16.4 Å². The molecule has 0 bridgehead atoms. The van der Waals surface area contributed by atoms with Gasteiger partial charge in [-0.1, -0.05) is 18.2 Å². The van der Waals surface area contributed by atoms with Gasteiger partial charge in [0.2, 0.25) is 0 Å². The third-order valence-electron chi connectivity index (χ3n) is 2.89. The molecule has 0 fully saturated rings. The standard InChI is InChI=1S/C14H18N2O/c1-4-17-10-14-11(2)15-16(12(14)3)13-8-6-5-7-9-13/h5-9H,4,10H2,1-3H3. The number of hydrogen-bond acceptors (Lipinski definition) is 2. The minimum atomic E-state index is 0.640. The third-order valence-corrected chi connectivity index (χ3v) is 2.89. The van der Waals surface area contributed by atoms with E-state index in [1.165, 1.54) is 5.56 Å². The van der Waals surface area contributed by atoms with E-state index in [1.54, 1.807) is 0 Å². The van der Waals surface area contributed by atoms with Crippen molar-refractivity contribution in [1.29, 1.82) is 0 Å². The summed E-state index contributed by atoms with van der Waals surface area (Å²) in [6.07, 6.45) is 0. The van der Waals surface area contributed by atoms with Crippen molar-refractivity contribution in [1.82, 2.24) is 9.78 Å². The summed E-state index contributed by atoms with van der Waals surface area (Å²) in [6.45, 7) is 7.49. The Bertz CT molecular complexity index is 488. The second-order valence-electron chi connectivity index (χ2n) is 4.03. The fraction of sp³-hybridized carbons (Fsp3) is 0.357. The molecule has 2 rings (SSSR count). The van der Waals surface area contributed by atoms with E-state index in [2.05, 4.69) is 24.2 Å². The lowest BCUT2D eigenvalue weighted by molar-refractivity contribution is 0.133. The van der Waals surface area contributed by atoms with E-state index in [0.717, 1.165) is 23.7 Å². The zero-order valence-electron chi connectivity index (χ0n) is 10.6. The van der Waals surface area contributed by atoms with Gasteiger partial charge >= 0.3 is 0 Å². The van der Waals surface area contributed by atoms with Crippen molar-refractivity contribution in [3.05, 3.63) is 47.3 Å². The van der Waals surface area contributed by atoms with Gasteiger partial charge in [-0.25, -0.2) is 4.68 Å². The van der Waals surface area contributed by atoms with Crippen LogP contribution in [0.1, 0.15) is 23.9 Å². The van der Waals surface area contributed by atoms with Crippen LogP contribution in [0.15, 0.2) is 30.3 Å². The van der Waals surface area contributed by atoms with Crippen LogP contribution in [0.5, 0.6) is 0 Å². The predicted molar refractivity (Wildman–Crippen MR) is 68.4 cm³/mol. The molecular formula is C14H18N2O. The molecule has 0 unspecified atom stereocenters. The molecule has 0 aliphatic heterocycles. The number of rotatable bonds is 4. The smallest absolute Gasteiger partial charge is 0.0752 e. The maximum absolute atomic E-state index is 5.48. The molecule has 90 valence electrons. The zero-order valence-corrected chi connectivity index (χ0v) is 10.6. The van der Waals surface area contributed by atoms with Gasteiger partial charge in [0, 0.05) is 17.9 Å². The van der Waals surface area contributed by atoms with Crippen LogP contribution in [-0.2, 0) is 11.3 Å². The van der Waals surface area contributed by atoms with Crippen molar-refractivity contribution in [2.75, 3.05) is 6.61 Å². The van der Waals surface area contributed by atoms with E-state index in [1.807, 2.05) is 36.7 Å². The summed E-state index contributed by atoms with van der Waals surface area (Å²) in [4.78, 5) is 0. The Kier molecular flexibility index (Phi) is 3.59. The number of aryl methyl sites for hydroxylation is 1. The summed E-state index contributed by atoms with van der Waals surface area (Å²) in [5.74, 6) is 0. The van der Waals surface area contributed by atoms with E-state index >= 15 is 0 Å². The van der Waals surface area contributed by atoms with Gasteiger partial charge in [-0.05, 0) is 32.9 Å². The Morgan fingerprint density at radius 1 is 1.18 bits per heavy atom. The number of benzene rings is 1. The quantitative estimate of drug-likeness (QED) is 0.807. The number of hydrogen-bond donors (Lipinski definition) is 0. The molecule has 0 radical (unpaired) electrons. The van der Waals surface area contributed by atoms with E-state index in [4.69, 9.17) is 4.74 Å². The first kappa shape index (κ1) is 11.9. The molecule has 0 aliphatic rings. The van der Waals surface area contributed by atoms with Crippen molar-refractivity contribution in [3.63, 3.8) is 0 Å². The molecule has 3 nitrogen and oxygen atoms in total. The van der Waals surface area contributed by atoms with E-state index < -0.39 is 0 Å². The second kappa shape index (κ2) is 5.15. The van der Waals surface area contributed by atoms with Gasteiger partial charge in [0.25, 0.3) is 0 Å². The Hall–Kier alpha value is -1.61. The molecule has 2 aromatic rings. The Morgan fingerprint density at radius 3 is 2.53 bits per heavy atom. The SMILES string of the molecule is CCOCc1c(C)nn(-c2ccccc2)c1C. The average molecular weight is 230 g/mol. The molecule has 3 heteroatoms. The zero-order chi connectivity index (χ0) is 12.3. The maximum atomic E-state index is 5.48. The van der Waals surface area contributed by atoms with E-state index in [-0.39, 0.29) is 0 Å². The lowest BCUT2D eigenvalue weighted by Gasteiger charge is -2.05. The van der Waals surface area contributed by atoms with Crippen LogP contribution >= 0.6 is 0 Å². The molecule has 0 saturated heterocycles. The molecule has 1 heterocycles. The van der Waals surface area contributed by atoms with Gasteiger partial charge in [0.15, 0.2) is 0 Å². The summed E-state index contributed by atoms with van der Waals surface area (Å²) in [5, 5.41) is 4.57. The monoisotopic (exact) mass is 230 g/mol. The van der Waals surface area contributed by atoms with E-state index in [0.29, 0.717) is 6.61 Å². The van der Waals surface area contributed by atoms with Gasteiger partial charge in [-0.2, -0.15) is 5.10 Å². The van der Waals surface area contributed by atoms with Crippen molar-refractivity contribution < 1.29 is 4.74 Å². The molecule has 0 spiro atoms. The molecule has 0 amide bonds. The molecule has 0 saturated carbocycles. The highest BCUT2D eigenvalue weighted by atomic mass is 16.5. The molecular weight excluding hydrogens is 212 g/mol. The predicted octanol–water partition coefficient (Wildman–Crippen LogP) is 3.03. The maximum Gasteiger partial charge on any atom is 0.0752 e. The third kappa shape index (κ3) is 2.39. The average Bonchev–Trinajstić information content (AvgIpc) is 2.64. The number of nitrogens with zero attached hydrogens (tertiary/aromatic N) is 2. The van der Waals surface area contributed by atoms with Gasteiger partial charge in [-0.3, -0.25) is 0 Å². The summed E-state index contributed by atoms with van der Waals surface area (Å²) in [7, 11) is 0. The fourth-order valence-corrected chi connectivity index (χ4v) is 1.91. The highest BCUT2D eigenvalue weighted by molar-refractivity contribution is 5.36. The van der Waals surface area contributed by atoms with Gasteiger partial charge in [0.1, 0.15) is 0 Å². The molecule has 0 atom stereocenters. The van der Waals surface area contributed by atoms with E-state index in [9.17, 15) is 0 Å². The molecule has 0 N–H and O–H groups in total. The number of ether oxygens (including phenoxy) is 1. The first-order valence-corrected chi connectivity index (χ1v) is 5.92. The van der Waals surface area contributed by atoms with Gasteiger partial charge in [0.05, 0.1) is 18.0 Å². The minimum absolute atomic E-state index is 0.640. The first-order chi connectivity index (χ1) is 8.24. The lowest BCUT2D eigenvalue weighted by Crippen LogP contribution is -2.00. The van der Waals surface area contributed by atoms with Crippen LogP contribution in [0.25, 0.3) is 5.69 Å². The van der Waals surface area contributed by atoms with Crippen LogP contribution in [0.2, 0.25) is 0 Å². The molecule has 1 aromatic heterocycles. The topological polar surface area (TPSA) is 27.1 Å². The van der Waals surface area contributed by atoms with Crippen molar-refractivity contribution in [2.45, 2.75) is 27.4 Å². The lowest BCUT2D eigenvalue weighted by atomic mass is 10.2. The normalized spacial score (nSPS) is 10.8. The molecule has 0 aliphatic carbocycles. The molecule has 17 heavy (non-hydrogen) atoms. The van der Waals surface area contributed by atoms with Gasteiger partial charge < -0.3 is 4.74 Å². The fourth-order valence-electron chi connectivity index (χ4n) is 1.91. The van der Waals surface area contributed by atoms with Gasteiger partial charge in [-0.15, -0.1) is 0 Å².